The number of hydrogen-bond donors (Lipinski definition) is 0. The van der Waals surface area contributed by atoms with Gasteiger partial charge in [-0.3, -0.25) is 0 Å². The van der Waals surface area contributed by atoms with E-state index in [1.54, 1.807) is 0 Å². The van der Waals surface area contributed by atoms with Gasteiger partial charge >= 0.3 is 28.9 Å². The summed E-state index contributed by atoms with van der Waals surface area (Å²) in [4.78, 5) is 0. The first-order chi connectivity index (χ1) is 1.41. The molecule has 0 heterocycles. The summed E-state index contributed by atoms with van der Waals surface area (Å²) in [6, 6.07) is 0. The maximum absolute atomic E-state index is 8.54. The summed E-state index contributed by atoms with van der Waals surface area (Å²) in [6.07, 6.45) is 0. The van der Waals surface area contributed by atoms with Crippen molar-refractivity contribution in [1.29, 1.82) is 0 Å². The van der Waals surface area contributed by atoms with E-state index < -0.39 is 23.2 Å². The van der Waals surface area contributed by atoms with Gasteiger partial charge in [0.05, 0.1) is 0 Å². The van der Waals surface area contributed by atoms with Gasteiger partial charge in [0.25, 0.3) is 0 Å². The first-order valence-electron chi connectivity index (χ1n) is 0.408. The van der Waals surface area contributed by atoms with Crippen LogP contribution in [0.15, 0.2) is 0 Å². The van der Waals surface area contributed by atoms with E-state index in [0.717, 1.165) is 0 Å². The van der Waals surface area contributed by atoms with Gasteiger partial charge < -0.3 is 0 Å². The van der Waals surface area contributed by atoms with E-state index >= 15 is 0 Å². The van der Waals surface area contributed by atoms with E-state index in [9.17, 15) is 0 Å². The summed E-state index contributed by atoms with van der Waals surface area (Å²) in [5, 5.41) is 0. The van der Waals surface area contributed by atoms with Crippen LogP contribution in [0, 0.1) is 0 Å². The van der Waals surface area contributed by atoms with Crippen LogP contribution < -0.4 is 0 Å². The summed E-state index contributed by atoms with van der Waals surface area (Å²) in [6.45, 7) is 0. The predicted octanol–water partition coefficient (Wildman–Crippen LogP) is -0.243. The molecule has 0 aromatic heterocycles. The van der Waals surface area contributed by atoms with Crippen LogP contribution in [0.5, 0.6) is 0 Å². The van der Waals surface area contributed by atoms with E-state index in [0.29, 0.717) is 0 Å². The summed E-state index contributed by atoms with van der Waals surface area (Å²) < 4.78 is 17.1. The third kappa shape index (κ3) is 11.0. The molecule has 0 aliphatic carbocycles. The Labute approximate surface area is 49.1 Å². The van der Waals surface area contributed by atoms with Gasteiger partial charge in [0.15, 0.2) is 0 Å². The van der Waals surface area contributed by atoms with Gasteiger partial charge in [-0.2, -0.15) is 0 Å². The second kappa shape index (κ2) is 8.91. The molecule has 0 amide bonds. The predicted molar refractivity (Wildman–Crippen MR) is 1.37 cm³/mol. The fraction of sp³-hybridized carbons (Fsp3) is 0. The molecule has 23 valence electrons. The van der Waals surface area contributed by atoms with Crippen LogP contribution in [0.3, 0.4) is 0 Å². The van der Waals surface area contributed by atoms with Crippen molar-refractivity contribution in [2.45, 2.75) is 0 Å². The van der Waals surface area contributed by atoms with Gasteiger partial charge in [-0.05, 0) is 0 Å². The molecule has 0 saturated heterocycles. The van der Waals surface area contributed by atoms with Crippen LogP contribution in [0.1, 0.15) is 0 Å². The van der Waals surface area contributed by atoms with E-state index in [2.05, 4.69) is 0 Å². The minimum Gasteiger partial charge on any atom is 0 e. The van der Waals surface area contributed by atoms with Gasteiger partial charge in [0.2, 0.25) is 0 Å². The molecule has 0 spiro atoms. The van der Waals surface area contributed by atoms with E-state index in [4.69, 9.17) is 5.63 Å². The van der Waals surface area contributed by atoms with Crippen molar-refractivity contribution >= 4 is 0 Å². The molecule has 0 atom stereocenters. The van der Waals surface area contributed by atoms with Gasteiger partial charge in [-0.25, -0.2) is 0 Å². The molecule has 0 saturated carbocycles. The van der Waals surface area contributed by atoms with Crippen LogP contribution in [0.4, 0.5) is 0 Å². The Morgan fingerprint density at radius 3 is 1.25 bits per heavy atom. The van der Waals surface area contributed by atoms with Crippen LogP contribution in [-0.4, -0.2) is 0 Å². The minimum absolute atomic E-state index is 0. The van der Waals surface area contributed by atoms with Gasteiger partial charge in [-0.1, -0.05) is 0 Å². The number of rotatable bonds is 0. The average molecular weight is 309 g/mol. The third-order valence-electron chi connectivity index (χ3n) is 0. The van der Waals surface area contributed by atoms with E-state index in [-0.39, 0.29) is 20.4 Å². The summed E-state index contributed by atoms with van der Waals surface area (Å²) in [5.41, 5.74) is 0. The fourth-order valence-electron chi connectivity index (χ4n) is 0. The smallest absolute Gasteiger partial charge is 0 e. The normalized spacial score (nSPS) is 2.00. The molecule has 0 unspecified atom stereocenters. The molecule has 0 aromatic carbocycles. The maximum Gasteiger partial charge on any atom is 0 e. The molecule has 1 radical (unpaired) electrons. The quantitative estimate of drug-likeness (QED) is 0.619. The zero-order valence-electron chi connectivity index (χ0n) is 1.69. The van der Waals surface area contributed by atoms with Crippen molar-refractivity contribution in [3.8, 4) is 0 Å². The zero-order chi connectivity index (χ0) is 2.71. The Morgan fingerprint density at radius 2 is 1.25 bits per heavy atom. The van der Waals surface area contributed by atoms with Crippen molar-refractivity contribution in [2.24, 2.45) is 0 Å². The Morgan fingerprint density at radius 1 is 1.25 bits per heavy atom. The maximum atomic E-state index is 8.54. The van der Waals surface area contributed by atoms with Crippen molar-refractivity contribution < 1.29 is 49.3 Å². The topological polar surface area (TPSA) is 34.1 Å². The van der Waals surface area contributed by atoms with Gasteiger partial charge in [0.1, 0.15) is 0 Å². The second-order valence-corrected chi connectivity index (χ2v) is 0.493. The van der Waals surface area contributed by atoms with Crippen LogP contribution >= 0.6 is 0 Å². The van der Waals surface area contributed by atoms with E-state index in [1.165, 1.54) is 0 Å². The van der Waals surface area contributed by atoms with Crippen molar-refractivity contribution in [1.82, 2.24) is 0 Å². The fourth-order valence-corrected chi connectivity index (χ4v) is 0. The molecule has 0 aliphatic heterocycles. The monoisotopic (exact) mass is 309 g/mol. The molecule has 0 fully saturated rings. The molecule has 0 aromatic rings. The van der Waals surface area contributed by atoms with Crippen molar-refractivity contribution in [3.63, 3.8) is 0 Å². The second-order valence-electron chi connectivity index (χ2n) is 0.0833. The first kappa shape index (κ1) is 8.94. The summed E-state index contributed by atoms with van der Waals surface area (Å²) in [7, 11) is 0. The van der Waals surface area contributed by atoms with Crippen molar-refractivity contribution in [3.05, 3.63) is 0 Å². The van der Waals surface area contributed by atoms with Gasteiger partial charge in [0, 0.05) is 20.4 Å². The zero-order valence-corrected chi connectivity index (χ0v) is 6.87. The molecule has 0 N–H and O–H groups in total. The summed E-state index contributed by atoms with van der Waals surface area (Å²) >= 11 is -2.27. The molecule has 2 nitrogen and oxygen atoms in total. The molecular formula is O2ReZr. The Balaban J connectivity index is 0. The molecule has 4 heavy (non-hydrogen) atoms. The number of hydrogen-bond acceptors (Lipinski definition) is 2. The standard InChI is InChI=1S/2O.Re.Zr. The third-order valence-corrected chi connectivity index (χ3v) is 0. The average Bonchev–Trinajstić information content (AvgIpc) is 0.918. The largest absolute Gasteiger partial charge is 0 e. The van der Waals surface area contributed by atoms with Crippen molar-refractivity contribution in [2.75, 3.05) is 0 Å². The SMILES string of the molecule is [O]=[Zr]=[O].[Re]. The summed E-state index contributed by atoms with van der Waals surface area (Å²) in [5.74, 6) is 0. The molecule has 0 aliphatic rings. The molecule has 4 heteroatoms. The first-order valence-corrected chi connectivity index (χ1v) is 2.42. The van der Waals surface area contributed by atoms with Crippen LogP contribution in [0.25, 0.3) is 0 Å². The molecular weight excluding hydrogens is 309 g/mol. The molecule has 0 rings (SSSR count). The Bertz CT molecular complexity index is 27.0. The Hall–Kier alpha value is 1.15. The van der Waals surface area contributed by atoms with Crippen LogP contribution in [-0.2, 0) is 49.3 Å². The van der Waals surface area contributed by atoms with Gasteiger partial charge in [-0.15, -0.1) is 0 Å². The Kier molecular flexibility index (Phi) is 19.9. The molecule has 0 bridgehead atoms. The minimum atomic E-state index is -2.27. The van der Waals surface area contributed by atoms with E-state index in [1.807, 2.05) is 0 Å². The van der Waals surface area contributed by atoms with Crippen LogP contribution in [0.2, 0.25) is 0 Å².